The van der Waals surface area contributed by atoms with Crippen LogP contribution in [-0.2, 0) is 13.7 Å². The number of hydrogen-bond acceptors (Lipinski definition) is 3. The molecular formula is C14H7Cl5F4N2OS2. The first-order valence-corrected chi connectivity index (χ1v) is 12.9. The molecule has 0 saturated heterocycles. The first-order valence-electron chi connectivity index (χ1n) is 6.78. The summed E-state index contributed by atoms with van der Waals surface area (Å²) in [5.74, 6) is 0. The zero-order valence-corrected chi connectivity index (χ0v) is 18.8. The van der Waals surface area contributed by atoms with Gasteiger partial charge in [-0.3, -0.25) is 4.57 Å². The van der Waals surface area contributed by atoms with E-state index in [4.69, 9.17) is 56.2 Å². The number of thioether (sulfide) groups is 1. The maximum Gasteiger partial charge on any atom is 0.416 e. The number of nitrogens with zero attached hydrogens (tertiary/aromatic N) is 2. The molecule has 28 heavy (non-hydrogen) atoms. The fraction of sp³-hybridized carbons (Fsp3) is 0.214. The van der Waals surface area contributed by atoms with E-state index in [1.165, 1.54) is 6.26 Å². The standard InChI is InChI=1S/C14H7Cl5F4N2OS2/c1-27-13-11(28(18,19,26)5-20)7(4-24)12(17)25(13)10-8(15)2-6(3-9(10)16)14(21,22)23/h2-3H,5H2,1H3. The van der Waals surface area contributed by atoms with E-state index < -0.39 is 50.9 Å². The van der Waals surface area contributed by atoms with Gasteiger partial charge in [0.25, 0.3) is 0 Å². The second-order valence-corrected chi connectivity index (χ2v) is 14.0. The van der Waals surface area contributed by atoms with Crippen molar-refractivity contribution in [3.05, 3.63) is 38.5 Å². The van der Waals surface area contributed by atoms with Gasteiger partial charge < -0.3 is 0 Å². The summed E-state index contributed by atoms with van der Waals surface area (Å²) in [5.41, 5.74) is -1.89. The molecule has 0 atom stereocenters. The van der Waals surface area contributed by atoms with Crippen LogP contribution >= 0.6 is 67.9 Å². The summed E-state index contributed by atoms with van der Waals surface area (Å²) >= 11 is 19.0. The molecule has 0 aliphatic rings. The second-order valence-electron chi connectivity index (χ2n) is 5.25. The van der Waals surface area contributed by atoms with Crippen molar-refractivity contribution in [1.82, 2.24) is 4.57 Å². The van der Waals surface area contributed by atoms with Gasteiger partial charge in [-0.25, -0.2) is 8.60 Å². The van der Waals surface area contributed by atoms with E-state index in [2.05, 4.69) is 0 Å². The monoisotopic (exact) mass is 534 g/mol. The van der Waals surface area contributed by atoms with Crippen LogP contribution in [0.15, 0.2) is 22.1 Å². The molecule has 1 heterocycles. The SMILES string of the molecule is CSc1c(S(=O)(Cl)(Cl)CF)c(C#N)c(Cl)n1-c1c(Cl)cc(C(F)(F)F)cc1Cl. The molecule has 0 N–H and O–H groups in total. The lowest BCUT2D eigenvalue weighted by atomic mass is 10.2. The van der Waals surface area contributed by atoms with Gasteiger partial charge in [0.05, 0.1) is 38.7 Å². The van der Waals surface area contributed by atoms with Gasteiger partial charge in [-0.15, -0.1) is 11.8 Å². The Morgan fingerprint density at radius 3 is 2.07 bits per heavy atom. The van der Waals surface area contributed by atoms with Crippen LogP contribution in [0, 0.1) is 11.3 Å². The molecule has 154 valence electrons. The predicted octanol–water partition coefficient (Wildman–Crippen LogP) is 7.46. The minimum absolute atomic E-state index is 0.162. The van der Waals surface area contributed by atoms with E-state index >= 15 is 0 Å². The van der Waals surface area contributed by atoms with Gasteiger partial charge in [0.1, 0.15) is 16.8 Å². The molecule has 0 fully saturated rings. The van der Waals surface area contributed by atoms with Crippen molar-refractivity contribution in [2.75, 3.05) is 12.3 Å². The molecule has 0 radical (unpaired) electrons. The van der Waals surface area contributed by atoms with E-state index in [0.29, 0.717) is 12.1 Å². The van der Waals surface area contributed by atoms with Crippen molar-refractivity contribution in [2.45, 2.75) is 16.1 Å². The lowest BCUT2D eigenvalue weighted by Gasteiger charge is -2.25. The molecule has 0 saturated carbocycles. The highest BCUT2D eigenvalue weighted by atomic mass is 36.0. The molecule has 0 aliphatic carbocycles. The molecular weight excluding hydrogens is 530 g/mol. The summed E-state index contributed by atoms with van der Waals surface area (Å²) in [4.78, 5) is -0.588. The first kappa shape index (κ1) is 23.9. The van der Waals surface area contributed by atoms with E-state index in [1.807, 2.05) is 0 Å². The minimum Gasteiger partial charge on any atom is -0.290 e. The number of hydrogen-bond donors (Lipinski definition) is 0. The third-order valence-electron chi connectivity index (χ3n) is 3.46. The fourth-order valence-electron chi connectivity index (χ4n) is 2.34. The van der Waals surface area contributed by atoms with Crippen LogP contribution in [0.3, 0.4) is 0 Å². The zero-order chi connectivity index (χ0) is 21.7. The number of nitriles is 1. The van der Waals surface area contributed by atoms with Crippen LogP contribution in [0.2, 0.25) is 15.2 Å². The largest absolute Gasteiger partial charge is 0.416 e. The summed E-state index contributed by atoms with van der Waals surface area (Å²) in [5, 5.41) is 7.85. The Kier molecular flexibility index (Phi) is 6.61. The lowest BCUT2D eigenvalue weighted by Crippen LogP contribution is -2.21. The van der Waals surface area contributed by atoms with Gasteiger partial charge in [-0.05, 0) is 39.8 Å². The molecule has 2 aromatic rings. The maximum atomic E-state index is 13.5. The molecule has 14 heteroatoms. The van der Waals surface area contributed by atoms with Crippen molar-refractivity contribution in [3.8, 4) is 11.8 Å². The van der Waals surface area contributed by atoms with Crippen molar-refractivity contribution >= 4 is 75.4 Å². The van der Waals surface area contributed by atoms with Crippen LogP contribution in [-0.4, -0.2) is 21.0 Å². The summed E-state index contributed by atoms with van der Waals surface area (Å²) in [6.07, 6.45) is -3.29. The number of halogens is 9. The molecule has 1 aromatic heterocycles. The number of rotatable bonds is 4. The van der Waals surface area contributed by atoms with Gasteiger partial charge in [0.2, 0.25) is 0 Å². The van der Waals surface area contributed by atoms with Crippen LogP contribution in [0.5, 0.6) is 0 Å². The normalized spacial score (nSPS) is 13.8. The molecule has 0 spiro atoms. The Balaban J connectivity index is 3.00. The molecule has 3 nitrogen and oxygen atoms in total. The van der Waals surface area contributed by atoms with Gasteiger partial charge in [-0.2, -0.15) is 18.4 Å². The van der Waals surface area contributed by atoms with Crippen LogP contribution in [0.1, 0.15) is 11.1 Å². The van der Waals surface area contributed by atoms with Crippen molar-refractivity contribution in [1.29, 1.82) is 5.26 Å². The van der Waals surface area contributed by atoms with Gasteiger partial charge >= 0.3 is 6.18 Å². The average molecular weight is 537 g/mol. The number of aromatic nitrogens is 1. The fourth-order valence-corrected chi connectivity index (χ4v) is 7.06. The van der Waals surface area contributed by atoms with E-state index in [1.54, 1.807) is 6.07 Å². The van der Waals surface area contributed by atoms with Crippen molar-refractivity contribution in [3.63, 3.8) is 0 Å². The molecule has 0 amide bonds. The third-order valence-corrected chi connectivity index (χ3v) is 8.25. The van der Waals surface area contributed by atoms with Crippen molar-refractivity contribution in [2.24, 2.45) is 0 Å². The molecule has 0 bridgehead atoms. The van der Waals surface area contributed by atoms with E-state index in [9.17, 15) is 27.0 Å². The lowest BCUT2D eigenvalue weighted by molar-refractivity contribution is -0.137. The highest BCUT2D eigenvalue weighted by molar-refractivity contribution is 8.53. The van der Waals surface area contributed by atoms with E-state index in [0.717, 1.165) is 16.3 Å². The van der Waals surface area contributed by atoms with Gasteiger partial charge in [0, 0.05) is 0 Å². The Morgan fingerprint density at radius 2 is 1.71 bits per heavy atom. The zero-order valence-electron chi connectivity index (χ0n) is 13.4. The summed E-state index contributed by atoms with van der Waals surface area (Å²) in [7, 11) is 6.40. The van der Waals surface area contributed by atoms with Crippen LogP contribution < -0.4 is 0 Å². The Morgan fingerprint density at radius 1 is 1.21 bits per heavy atom. The Bertz CT molecular complexity index is 1050. The first-order chi connectivity index (χ1) is 12.7. The number of benzene rings is 1. The third kappa shape index (κ3) is 4.10. The average Bonchev–Trinajstić information content (AvgIpc) is 2.86. The molecule has 0 unspecified atom stereocenters. The molecule has 1 aromatic carbocycles. The molecule has 2 rings (SSSR count). The highest BCUT2D eigenvalue weighted by Crippen LogP contribution is 2.54. The van der Waals surface area contributed by atoms with Crippen LogP contribution in [0.4, 0.5) is 17.6 Å². The second kappa shape index (κ2) is 7.73. The summed E-state index contributed by atoms with van der Waals surface area (Å²) in [6, 6.07) is 1.10. The summed E-state index contributed by atoms with van der Waals surface area (Å²) in [6.45, 7) is 0. The van der Waals surface area contributed by atoms with Crippen LogP contribution in [0.25, 0.3) is 5.69 Å². The highest BCUT2D eigenvalue weighted by Gasteiger charge is 2.44. The molecule has 0 aliphatic heterocycles. The van der Waals surface area contributed by atoms with Gasteiger partial charge in [0.15, 0.2) is 6.01 Å². The topological polar surface area (TPSA) is 45.8 Å². The van der Waals surface area contributed by atoms with E-state index in [-0.39, 0.29) is 10.7 Å². The quantitative estimate of drug-likeness (QED) is 0.231. The Labute approximate surface area is 184 Å². The summed E-state index contributed by atoms with van der Waals surface area (Å²) < 4.78 is 66.1. The smallest absolute Gasteiger partial charge is 0.290 e. The van der Waals surface area contributed by atoms with Gasteiger partial charge in [-0.1, -0.05) is 34.8 Å². The maximum absolute atomic E-state index is 13.5. The Hall–Kier alpha value is -0.340. The minimum atomic E-state index is -5.19. The number of alkyl halides is 4. The predicted molar refractivity (Wildman–Crippen MR) is 106 cm³/mol. The van der Waals surface area contributed by atoms with Crippen molar-refractivity contribution < 1.29 is 21.8 Å².